The molecule has 25 heavy (non-hydrogen) atoms. The number of carbonyl (C=O) groups is 1. The van der Waals surface area contributed by atoms with Crippen LogP contribution in [0.1, 0.15) is 23.7 Å². The second kappa shape index (κ2) is 7.19. The number of aromatic amines is 1. The molecule has 2 heterocycles. The first kappa shape index (κ1) is 17.4. The van der Waals surface area contributed by atoms with Crippen LogP contribution < -0.4 is 5.56 Å². The van der Waals surface area contributed by atoms with E-state index in [0.717, 1.165) is 44.0 Å². The van der Waals surface area contributed by atoms with Crippen molar-refractivity contribution in [3.8, 4) is 11.4 Å². The normalized spacial score (nSPS) is 15.4. The molecule has 0 saturated carbocycles. The Hall–Kier alpha value is -2.47. The first-order valence-corrected chi connectivity index (χ1v) is 8.59. The Morgan fingerprint density at radius 1 is 1.12 bits per heavy atom. The van der Waals surface area contributed by atoms with Gasteiger partial charge in [0.2, 0.25) is 5.91 Å². The van der Waals surface area contributed by atoms with E-state index in [2.05, 4.69) is 27.0 Å². The van der Waals surface area contributed by atoms with Gasteiger partial charge in [-0.05, 0) is 19.4 Å². The predicted molar refractivity (Wildman–Crippen MR) is 97.3 cm³/mol. The summed E-state index contributed by atoms with van der Waals surface area (Å²) in [6.07, 6.45) is 0. The summed E-state index contributed by atoms with van der Waals surface area (Å²) in [6.45, 7) is 9.49. The van der Waals surface area contributed by atoms with Gasteiger partial charge >= 0.3 is 0 Å². The Morgan fingerprint density at radius 2 is 1.76 bits per heavy atom. The Bertz CT molecular complexity index is 818. The summed E-state index contributed by atoms with van der Waals surface area (Å²) in [5.74, 6) is 0.758. The summed E-state index contributed by atoms with van der Waals surface area (Å²) in [6, 6.07) is 8.13. The minimum Gasteiger partial charge on any atom is -0.340 e. The molecule has 6 heteroatoms. The molecule has 0 spiro atoms. The summed E-state index contributed by atoms with van der Waals surface area (Å²) in [5.41, 5.74) is 3.45. The van der Waals surface area contributed by atoms with Crippen molar-refractivity contribution in [1.29, 1.82) is 0 Å². The lowest BCUT2D eigenvalue weighted by molar-refractivity contribution is -0.130. The highest BCUT2D eigenvalue weighted by Gasteiger charge is 2.18. The molecule has 132 valence electrons. The number of nitrogens with zero attached hydrogens (tertiary/aromatic N) is 3. The number of hydrogen-bond acceptors (Lipinski definition) is 4. The highest BCUT2D eigenvalue weighted by molar-refractivity contribution is 5.73. The van der Waals surface area contributed by atoms with E-state index >= 15 is 0 Å². The summed E-state index contributed by atoms with van der Waals surface area (Å²) >= 11 is 0. The number of nitrogens with one attached hydrogen (secondary N) is 1. The minimum absolute atomic E-state index is 0.0880. The highest BCUT2D eigenvalue weighted by atomic mass is 16.2. The van der Waals surface area contributed by atoms with E-state index in [1.165, 1.54) is 5.56 Å². The molecule has 1 saturated heterocycles. The van der Waals surface area contributed by atoms with Gasteiger partial charge in [0.05, 0.1) is 0 Å². The van der Waals surface area contributed by atoms with Crippen molar-refractivity contribution in [1.82, 2.24) is 19.8 Å². The van der Waals surface area contributed by atoms with E-state index in [0.29, 0.717) is 11.4 Å². The van der Waals surface area contributed by atoms with Crippen molar-refractivity contribution in [3.63, 3.8) is 0 Å². The molecule has 1 aliphatic heterocycles. The Morgan fingerprint density at radius 3 is 2.32 bits per heavy atom. The fourth-order valence-electron chi connectivity index (χ4n) is 3.03. The third-order valence-electron chi connectivity index (χ3n) is 4.85. The van der Waals surface area contributed by atoms with E-state index in [4.69, 9.17) is 0 Å². The Labute approximate surface area is 147 Å². The largest absolute Gasteiger partial charge is 0.340 e. The van der Waals surface area contributed by atoms with Crippen LogP contribution in [0.15, 0.2) is 29.1 Å². The lowest BCUT2D eigenvalue weighted by Gasteiger charge is -2.34. The molecule has 6 nitrogen and oxygen atoms in total. The zero-order valence-corrected chi connectivity index (χ0v) is 15.0. The number of benzene rings is 1. The van der Waals surface area contributed by atoms with Gasteiger partial charge in [0.15, 0.2) is 0 Å². The van der Waals surface area contributed by atoms with Crippen LogP contribution >= 0.6 is 0 Å². The molecule has 1 amide bonds. The molecule has 1 aromatic heterocycles. The fourth-order valence-corrected chi connectivity index (χ4v) is 3.03. The molecule has 3 rings (SSSR count). The zero-order valence-electron chi connectivity index (χ0n) is 15.0. The van der Waals surface area contributed by atoms with Crippen molar-refractivity contribution in [2.24, 2.45) is 0 Å². The molecular formula is C19H24N4O2. The summed E-state index contributed by atoms with van der Waals surface area (Å²) in [5, 5.41) is 0. The lowest BCUT2D eigenvalue weighted by atomic mass is 10.1. The average Bonchev–Trinajstić information content (AvgIpc) is 2.60. The fraction of sp³-hybridized carbons (Fsp3) is 0.421. The number of amides is 1. The van der Waals surface area contributed by atoms with Gasteiger partial charge in [0.1, 0.15) is 5.82 Å². The number of piperazine rings is 1. The molecule has 0 atom stereocenters. The lowest BCUT2D eigenvalue weighted by Crippen LogP contribution is -2.47. The Balaban J connectivity index is 1.67. The number of rotatable bonds is 3. The van der Waals surface area contributed by atoms with Crippen LogP contribution in [0.25, 0.3) is 11.4 Å². The second-order valence-electron chi connectivity index (χ2n) is 6.60. The topological polar surface area (TPSA) is 69.3 Å². The van der Waals surface area contributed by atoms with E-state index in [-0.39, 0.29) is 11.5 Å². The molecule has 0 unspecified atom stereocenters. The van der Waals surface area contributed by atoms with Gasteiger partial charge in [-0.2, -0.15) is 0 Å². The van der Waals surface area contributed by atoms with Crippen LogP contribution in [0, 0.1) is 13.8 Å². The van der Waals surface area contributed by atoms with Crippen molar-refractivity contribution in [2.45, 2.75) is 27.3 Å². The van der Waals surface area contributed by atoms with Gasteiger partial charge in [-0.15, -0.1) is 0 Å². The monoisotopic (exact) mass is 340 g/mol. The number of aryl methyl sites for hydroxylation is 1. The maximum absolute atomic E-state index is 11.9. The summed E-state index contributed by atoms with van der Waals surface area (Å²) in [7, 11) is 0. The van der Waals surface area contributed by atoms with E-state index < -0.39 is 0 Å². The maximum atomic E-state index is 11.9. The van der Waals surface area contributed by atoms with Gasteiger partial charge in [0.25, 0.3) is 5.56 Å². The smallest absolute Gasteiger partial charge is 0.254 e. The third kappa shape index (κ3) is 3.96. The van der Waals surface area contributed by atoms with E-state index in [1.54, 1.807) is 13.8 Å². The molecule has 0 radical (unpaired) electrons. The SMILES string of the molecule is CC(=O)N1CCN(Cc2ccc(-c3nc(C)c(C)c(=O)[nH]3)cc2)CC1. The van der Waals surface area contributed by atoms with Crippen molar-refractivity contribution in [2.75, 3.05) is 26.2 Å². The molecule has 1 aromatic carbocycles. The third-order valence-corrected chi connectivity index (χ3v) is 4.85. The summed E-state index contributed by atoms with van der Waals surface area (Å²) in [4.78, 5) is 34.8. The van der Waals surface area contributed by atoms with Gasteiger partial charge in [0, 0.05) is 56.5 Å². The molecule has 1 aliphatic rings. The van der Waals surface area contributed by atoms with Crippen molar-refractivity contribution < 1.29 is 4.79 Å². The molecule has 2 aromatic rings. The van der Waals surface area contributed by atoms with Crippen LogP contribution in [0.5, 0.6) is 0 Å². The first-order valence-electron chi connectivity index (χ1n) is 8.59. The van der Waals surface area contributed by atoms with Crippen LogP contribution in [-0.2, 0) is 11.3 Å². The second-order valence-corrected chi connectivity index (χ2v) is 6.60. The molecule has 1 fully saturated rings. The van der Waals surface area contributed by atoms with Crippen LogP contribution in [0.2, 0.25) is 0 Å². The molecule has 1 N–H and O–H groups in total. The van der Waals surface area contributed by atoms with Gasteiger partial charge in [-0.3, -0.25) is 14.5 Å². The minimum atomic E-state index is -0.0880. The molecule has 0 aliphatic carbocycles. The Kier molecular flexibility index (Phi) is 4.99. The van der Waals surface area contributed by atoms with Crippen LogP contribution in [0.4, 0.5) is 0 Å². The van der Waals surface area contributed by atoms with Crippen LogP contribution in [0.3, 0.4) is 0 Å². The number of hydrogen-bond donors (Lipinski definition) is 1. The van der Waals surface area contributed by atoms with Crippen molar-refractivity contribution >= 4 is 5.91 Å². The van der Waals surface area contributed by atoms with Gasteiger partial charge < -0.3 is 9.88 Å². The zero-order chi connectivity index (χ0) is 18.0. The van der Waals surface area contributed by atoms with E-state index in [1.807, 2.05) is 24.0 Å². The average molecular weight is 340 g/mol. The van der Waals surface area contributed by atoms with Crippen molar-refractivity contribution in [3.05, 3.63) is 51.4 Å². The number of aromatic nitrogens is 2. The molecule has 0 bridgehead atoms. The standard InChI is InChI=1S/C19H24N4O2/c1-13-14(2)20-18(21-19(13)25)17-6-4-16(5-7-17)12-22-8-10-23(11-9-22)15(3)24/h4-7H,8-12H2,1-3H3,(H,20,21,25). The predicted octanol–water partition coefficient (Wildman–Crippen LogP) is 1.72. The van der Waals surface area contributed by atoms with Crippen LogP contribution in [-0.4, -0.2) is 51.9 Å². The highest BCUT2D eigenvalue weighted by Crippen LogP contribution is 2.17. The summed E-state index contributed by atoms with van der Waals surface area (Å²) < 4.78 is 0. The van der Waals surface area contributed by atoms with Gasteiger partial charge in [-0.25, -0.2) is 4.98 Å². The number of H-pyrrole nitrogens is 1. The first-order chi connectivity index (χ1) is 11.9. The van der Waals surface area contributed by atoms with Gasteiger partial charge in [-0.1, -0.05) is 24.3 Å². The number of carbonyl (C=O) groups excluding carboxylic acids is 1. The maximum Gasteiger partial charge on any atom is 0.254 e. The molecular weight excluding hydrogens is 316 g/mol. The van der Waals surface area contributed by atoms with E-state index in [9.17, 15) is 9.59 Å². The quantitative estimate of drug-likeness (QED) is 0.924.